The van der Waals surface area contributed by atoms with E-state index in [4.69, 9.17) is 11.6 Å². The molecule has 1 aromatic carbocycles. The molecular formula is C19H30ClN3O3S. The molecule has 0 saturated carbocycles. The van der Waals surface area contributed by atoms with E-state index in [1.165, 1.54) is 22.5 Å². The van der Waals surface area contributed by atoms with Crippen molar-refractivity contribution in [2.75, 3.05) is 32.7 Å². The van der Waals surface area contributed by atoms with Gasteiger partial charge in [0, 0.05) is 32.2 Å². The van der Waals surface area contributed by atoms with Gasteiger partial charge in [-0.2, -0.15) is 4.31 Å². The van der Waals surface area contributed by atoms with Crippen LogP contribution in [0.25, 0.3) is 0 Å². The van der Waals surface area contributed by atoms with Crippen LogP contribution in [0.3, 0.4) is 0 Å². The van der Waals surface area contributed by atoms with Crippen molar-refractivity contribution in [1.29, 1.82) is 0 Å². The summed E-state index contributed by atoms with van der Waals surface area (Å²) in [6.45, 7) is 9.49. The second-order valence-corrected chi connectivity index (χ2v) is 9.17. The maximum absolute atomic E-state index is 12.7. The molecule has 0 aromatic heterocycles. The number of piperidine rings is 1. The molecule has 8 heteroatoms. The average molecular weight is 416 g/mol. The largest absolute Gasteiger partial charge is 0.349 e. The molecule has 0 atom stereocenters. The highest BCUT2D eigenvalue weighted by Gasteiger charge is 2.25. The number of amides is 1. The van der Waals surface area contributed by atoms with Crippen LogP contribution < -0.4 is 5.32 Å². The van der Waals surface area contributed by atoms with Gasteiger partial charge in [-0.15, -0.1) is 0 Å². The molecule has 0 radical (unpaired) electrons. The number of carbonyl (C=O) groups excluding carboxylic acids is 1. The standard InChI is InChI=1S/C19H30ClN3O3S/c1-4-11-22-12-9-15(10-13-22)21-19(24)17-14-16(7-8-18(17)20)27(25,26)23(5-2)6-3/h7-8,14-15H,4-6,9-13H2,1-3H3,(H,21,24). The molecule has 1 amide bonds. The minimum Gasteiger partial charge on any atom is -0.349 e. The Balaban J connectivity index is 2.13. The molecule has 1 aliphatic rings. The summed E-state index contributed by atoms with van der Waals surface area (Å²) in [5.74, 6) is -0.314. The fraction of sp³-hybridized carbons (Fsp3) is 0.632. The normalized spacial score (nSPS) is 16.6. The number of rotatable bonds is 8. The summed E-state index contributed by atoms with van der Waals surface area (Å²) in [5, 5.41) is 3.27. The number of hydrogen-bond donors (Lipinski definition) is 1. The van der Waals surface area contributed by atoms with Gasteiger partial charge in [0.05, 0.1) is 15.5 Å². The number of halogens is 1. The molecule has 6 nitrogen and oxygen atoms in total. The number of nitrogens with one attached hydrogen (secondary N) is 1. The summed E-state index contributed by atoms with van der Waals surface area (Å²) in [5.41, 5.74) is 0.209. The van der Waals surface area contributed by atoms with E-state index in [9.17, 15) is 13.2 Å². The van der Waals surface area contributed by atoms with Gasteiger partial charge in [-0.1, -0.05) is 32.4 Å². The Morgan fingerprint density at radius 3 is 2.41 bits per heavy atom. The van der Waals surface area contributed by atoms with Gasteiger partial charge in [0.1, 0.15) is 0 Å². The first-order valence-corrected chi connectivity index (χ1v) is 11.5. The lowest BCUT2D eigenvalue weighted by atomic mass is 10.0. The van der Waals surface area contributed by atoms with Gasteiger partial charge in [-0.05, 0) is 44.0 Å². The number of benzene rings is 1. The van der Waals surface area contributed by atoms with Gasteiger partial charge < -0.3 is 10.2 Å². The quantitative estimate of drug-likeness (QED) is 0.708. The summed E-state index contributed by atoms with van der Waals surface area (Å²) < 4.78 is 26.8. The molecule has 0 aliphatic carbocycles. The van der Waals surface area contributed by atoms with Crippen LogP contribution in [0.15, 0.2) is 23.1 Å². The van der Waals surface area contributed by atoms with E-state index in [2.05, 4.69) is 17.1 Å². The minimum absolute atomic E-state index is 0.0877. The zero-order valence-corrected chi connectivity index (χ0v) is 17.9. The monoisotopic (exact) mass is 415 g/mol. The smallest absolute Gasteiger partial charge is 0.253 e. The van der Waals surface area contributed by atoms with Gasteiger partial charge >= 0.3 is 0 Å². The lowest BCUT2D eigenvalue weighted by Crippen LogP contribution is -2.44. The van der Waals surface area contributed by atoms with E-state index >= 15 is 0 Å². The van der Waals surface area contributed by atoms with Crippen molar-refractivity contribution < 1.29 is 13.2 Å². The molecule has 0 bridgehead atoms. The Morgan fingerprint density at radius 2 is 1.85 bits per heavy atom. The van der Waals surface area contributed by atoms with Gasteiger partial charge in [0.2, 0.25) is 10.0 Å². The van der Waals surface area contributed by atoms with Crippen molar-refractivity contribution in [3.63, 3.8) is 0 Å². The van der Waals surface area contributed by atoms with Crippen LogP contribution in [0.4, 0.5) is 0 Å². The zero-order valence-electron chi connectivity index (χ0n) is 16.4. The maximum Gasteiger partial charge on any atom is 0.253 e. The second kappa shape index (κ2) is 9.87. The molecule has 1 heterocycles. The number of sulfonamides is 1. The zero-order chi connectivity index (χ0) is 20.0. The molecule has 152 valence electrons. The van der Waals surface area contributed by atoms with Crippen LogP contribution in [0.1, 0.15) is 50.4 Å². The highest BCUT2D eigenvalue weighted by atomic mass is 35.5. The predicted octanol–water partition coefficient (Wildman–Crippen LogP) is 2.97. The van der Waals surface area contributed by atoms with Crippen LogP contribution >= 0.6 is 11.6 Å². The third-order valence-corrected chi connectivity index (χ3v) is 7.36. The van der Waals surface area contributed by atoms with Crippen LogP contribution in [0.2, 0.25) is 5.02 Å². The van der Waals surface area contributed by atoms with Crippen molar-refractivity contribution >= 4 is 27.5 Å². The highest BCUT2D eigenvalue weighted by molar-refractivity contribution is 7.89. The molecule has 1 saturated heterocycles. The lowest BCUT2D eigenvalue weighted by molar-refractivity contribution is 0.0911. The Bertz CT molecular complexity index is 743. The second-order valence-electron chi connectivity index (χ2n) is 6.82. The molecule has 0 unspecified atom stereocenters. The van der Waals surface area contributed by atoms with Crippen molar-refractivity contribution in [3.05, 3.63) is 28.8 Å². The van der Waals surface area contributed by atoms with Crippen LogP contribution in [0.5, 0.6) is 0 Å². The average Bonchev–Trinajstić information content (AvgIpc) is 2.64. The maximum atomic E-state index is 12.7. The third kappa shape index (κ3) is 5.44. The lowest BCUT2D eigenvalue weighted by Gasteiger charge is -2.32. The summed E-state index contributed by atoms with van der Waals surface area (Å²) in [6.07, 6.45) is 2.90. The first kappa shape index (κ1) is 22.1. The molecule has 0 spiro atoms. The van der Waals surface area contributed by atoms with Crippen molar-refractivity contribution in [1.82, 2.24) is 14.5 Å². The van der Waals surface area contributed by atoms with Gasteiger partial charge in [0.25, 0.3) is 5.91 Å². The molecule has 2 rings (SSSR count). The van der Waals surface area contributed by atoms with Crippen LogP contribution in [-0.2, 0) is 10.0 Å². The Labute approximate surface area is 167 Å². The van der Waals surface area contributed by atoms with Crippen LogP contribution in [0, 0.1) is 0 Å². The van der Waals surface area contributed by atoms with Crippen molar-refractivity contribution in [3.8, 4) is 0 Å². The topological polar surface area (TPSA) is 69.7 Å². The Hall–Kier alpha value is -1.15. The molecule has 27 heavy (non-hydrogen) atoms. The van der Waals surface area contributed by atoms with Gasteiger partial charge in [0.15, 0.2) is 0 Å². The van der Waals surface area contributed by atoms with Crippen molar-refractivity contribution in [2.45, 2.75) is 51.0 Å². The molecule has 1 N–H and O–H groups in total. The molecule has 1 aliphatic heterocycles. The summed E-state index contributed by atoms with van der Waals surface area (Å²) in [7, 11) is -3.63. The molecule has 1 aromatic rings. The van der Waals surface area contributed by atoms with Crippen molar-refractivity contribution in [2.24, 2.45) is 0 Å². The number of carbonyl (C=O) groups is 1. The number of hydrogen-bond acceptors (Lipinski definition) is 4. The Kier molecular flexibility index (Phi) is 8.09. The molecular weight excluding hydrogens is 386 g/mol. The number of likely N-dealkylation sites (tertiary alicyclic amines) is 1. The number of nitrogens with zero attached hydrogens (tertiary/aromatic N) is 2. The Morgan fingerprint density at radius 1 is 1.22 bits per heavy atom. The molecule has 1 fully saturated rings. The van der Waals surface area contributed by atoms with E-state index in [0.29, 0.717) is 13.1 Å². The summed E-state index contributed by atoms with van der Waals surface area (Å²) in [6, 6.07) is 4.41. The van der Waals surface area contributed by atoms with E-state index in [-0.39, 0.29) is 27.4 Å². The van der Waals surface area contributed by atoms with E-state index < -0.39 is 10.0 Å². The third-order valence-electron chi connectivity index (χ3n) is 4.99. The first-order chi connectivity index (χ1) is 12.8. The van der Waals surface area contributed by atoms with E-state index in [0.717, 1.165) is 38.9 Å². The fourth-order valence-electron chi connectivity index (χ4n) is 3.43. The van der Waals surface area contributed by atoms with E-state index in [1.54, 1.807) is 13.8 Å². The predicted molar refractivity (Wildman–Crippen MR) is 109 cm³/mol. The SMILES string of the molecule is CCCN1CCC(NC(=O)c2cc(S(=O)(=O)N(CC)CC)ccc2Cl)CC1. The minimum atomic E-state index is -3.63. The highest BCUT2D eigenvalue weighted by Crippen LogP contribution is 2.23. The van der Waals surface area contributed by atoms with Gasteiger partial charge in [-0.3, -0.25) is 4.79 Å². The van der Waals surface area contributed by atoms with Crippen LogP contribution in [-0.4, -0.2) is 62.3 Å². The first-order valence-electron chi connectivity index (χ1n) is 9.66. The van der Waals surface area contributed by atoms with E-state index in [1.807, 2.05) is 0 Å². The summed E-state index contributed by atoms with van der Waals surface area (Å²) in [4.78, 5) is 15.2. The fourth-order valence-corrected chi connectivity index (χ4v) is 5.12. The van der Waals surface area contributed by atoms with Gasteiger partial charge in [-0.25, -0.2) is 8.42 Å². The summed E-state index contributed by atoms with van der Waals surface area (Å²) >= 11 is 6.19.